The van der Waals surface area contributed by atoms with Gasteiger partial charge < -0.3 is 5.32 Å². The van der Waals surface area contributed by atoms with E-state index in [0.717, 1.165) is 23.3 Å². The van der Waals surface area contributed by atoms with Crippen LogP contribution in [0.4, 0.5) is 14.9 Å². The van der Waals surface area contributed by atoms with E-state index in [2.05, 4.69) is 10.6 Å². The first-order valence-electron chi connectivity index (χ1n) is 9.81. The number of nitrogens with one attached hydrogen (secondary N) is 2. The lowest BCUT2D eigenvalue weighted by Gasteiger charge is -2.33. The van der Waals surface area contributed by atoms with E-state index in [1.165, 1.54) is 16.4 Å². The van der Waals surface area contributed by atoms with Crippen molar-refractivity contribution in [1.29, 1.82) is 0 Å². The highest BCUT2D eigenvalue weighted by Crippen LogP contribution is 2.18. The Morgan fingerprint density at radius 1 is 1.00 bits per heavy atom. The fraction of sp³-hybridized carbons (Fsp3) is 0.333. The summed E-state index contributed by atoms with van der Waals surface area (Å²) in [7, 11) is -3.72. The molecule has 0 aliphatic carbocycles. The van der Waals surface area contributed by atoms with Crippen LogP contribution >= 0.6 is 0 Å². The molecule has 0 saturated carbocycles. The van der Waals surface area contributed by atoms with Crippen molar-refractivity contribution in [3.8, 4) is 0 Å². The average molecular weight is 449 g/mol. The highest BCUT2D eigenvalue weighted by molar-refractivity contribution is 7.89. The number of anilines is 1. The van der Waals surface area contributed by atoms with Crippen molar-refractivity contribution in [2.45, 2.75) is 18.7 Å². The molecule has 0 aromatic heterocycles. The molecule has 8 nitrogen and oxygen atoms in total. The van der Waals surface area contributed by atoms with Crippen molar-refractivity contribution in [3.63, 3.8) is 0 Å². The molecule has 1 aliphatic rings. The monoisotopic (exact) mass is 448 g/mol. The Morgan fingerprint density at radius 3 is 2.26 bits per heavy atom. The Bertz CT molecular complexity index is 1070. The Labute approximate surface area is 181 Å². The number of halogens is 1. The number of imide groups is 1. The number of aryl methyl sites for hydroxylation is 2. The van der Waals surface area contributed by atoms with E-state index in [1.54, 1.807) is 11.0 Å². The van der Waals surface area contributed by atoms with Crippen LogP contribution in [0.25, 0.3) is 0 Å². The number of carbonyl (C=O) groups excluding carboxylic acids is 2. The summed E-state index contributed by atoms with van der Waals surface area (Å²) in [5.41, 5.74) is 2.58. The van der Waals surface area contributed by atoms with Gasteiger partial charge in [0.15, 0.2) is 0 Å². The third kappa shape index (κ3) is 5.87. The second kappa shape index (κ2) is 9.54. The fourth-order valence-electron chi connectivity index (χ4n) is 3.36. The minimum absolute atomic E-state index is 0.0231. The van der Waals surface area contributed by atoms with E-state index >= 15 is 0 Å². The van der Waals surface area contributed by atoms with Gasteiger partial charge in [-0.1, -0.05) is 17.7 Å². The summed E-state index contributed by atoms with van der Waals surface area (Å²) >= 11 is 0. The molecular weight excluding hydrogens is 423 g/mol. The molecule has 1 fully saturated rings. The van der Waals surface area contributed by atoms with Crippen LogP contribution in [-0.2, 0) is 14.8 Å². The number of hydrogen-bond donors (Lipinski definition) is 2. The first-order valence-corrected chi connectivity index (χ1v) is 11.3. The van der Waals surface area contributed by atoms with Gasteiger partial charge in [-0.05, 0) is 49.7 Å². The first-order chi connectivity index (χ1) is 14.6. The van der Waals surface area contributed by atoms with Crippen molar-refractivity contribution >= 4 is 27.6 Å². The highest BCUT2D eigenvalue weighted by atomic mass is 32.2. The molecule has 1 aliphatic heterocycles. The molecule has 2 aromatic rings. The van der Waals surface area contributed by atoms with Gasteiger partial charge in [-0.3, -0.25) is 15.0 Å². The standard InChI is InChI=1S/C21H25FN4O4S/c1-15-3-8-19(16(2)13-15)23-21(28)24-20(27)14-25-9-11-26(12-10-25)31(29,30)18-6-4-17(22)5-7-18/h3-8,13H,9-12,14H2,1-2H3,(H2,23,24,27,28). The van der Waals surface area contributed by atoms with Crippen LogP contribution in [0.3, 0.4) is 0 Å². The summed E-state index contributed by atoms with van der Waals surface area (Å²) in [6.07, 6.45) is 0. The molecule has 3 amide bonds. The lowest BCUT2D eigenvalue weighted by molar-refractivity contribution is -0.121. The van der Waals surface area contributed by atoms with Crippen LogP contribution in [0, 0.1) is 19.7 Å². The number of rotatable bonds is 5. The number of carbonyl (C=O) groups is 2. The van der Waals surface area contributed by atoms with E-state index < -0.39 is 27.8 Å². The van der Waals surface area contributed by atoms with Crippen molar-refractivity contribution in [1.82, 2.24) is 14.5 Å². The number of urea groups is 1. The summed E-state index contributed by atoms with van der Waals surface area (Å²) < 4.78 is 39.7. The topological polar surface area (TPSA) is 98.8 Å². The Morgan fingerprint density at radius 2 is 1.65 bits per heavy atom. The number of benzene rings is 2. The lowest BCUT2D eigenvalue weighted by atomic mass is 10.1. The number of piperazine rings is 1. The molecule has 1 heterocycles. The summed E-state index contributed by atoms with van der Waals surface area (Å²) in [5, 5.41) is 4.94. The fourth-order valence-corrected chi connectivity index (χ4v) is 4.78. The molecule has 3 rings (SSSR count). The van der Waals surface area contributed by atoms with Crippen LogP contribution in [0.5, 0.6) is 0 Å². The Hall–Kier alpha value is -2.82. The predicted molar refractivity (Wildman–Crippen MR) is 115 cm³/mol. The minimum atomic E-state index is -3.72. The van der Waals surface area contributed by atoms with Gasteiger partial charge in [0.05, 0.1) is 11.4 Å². The Balaban J connectivity index is 1.48. The maximum Gasteiger partial charge on any atom is 0.325 e. The normalized spacial score (nSPS) is 15.5. The third-order valence-corrected chi connectivity index (χ3v) is 6.95. The SMILES string of the molecule is Cc1ccc(NC(=O)NC(=O)CN2CCN(S(=O)(=O)c3ccc(F)cc3)CC2)c(C)c1. The molecule has 0 spiro atoms. The van der Waals surface area contributed by atoms with Gasteiger partial charge in [-0.25, -0.2) is 17.6 Å². The zero-order chi connectivity index (χ0) is 22.6. The number of sulfonamides is 1. The first kappa shape index (κ1) is 22.9. The van der Waals surface area contributed by atoms with E-state index in [0.29, 0.717) is 18.8 Å². The summed E-state index contributed by atoms with van der Waals surface area (Å²) in [6, 6.07) is 9.64. The molecule has 10 heteroatoms. The van der Waals surface area contributed by atoms with E-state index in [-0.39, 0.29) is 24.5 Å². The highest BCUT2D eigenvalue weighted by Gasteiger charge is 2.29. The smallest absolute Gasteiger partial charge is 0.307 e. The third-order valence-electron chi connectivity index (χ3n) is 5.03. The second-order valence-corrected chi connectivity index (χ2v) is 9.39. The van der Waals surface area contributed by atoms with Gasteiger partial charge in [0.1, 0.15) is 5.82 Å². The maximum absolute atomic E-state index is 13.1. The quantitative estimate of drug-likeness (QED) is 0.730. The molecular formula is C21H25FN4O4S. The zero-order valence-electron chi connectivity index (χ0n) is 17.4. The van der Waals surface area contributed by atoms with Gasteiger partial charge in [-0.15, -0.1) is 0 Å². The van der Waals surface area contributed by atoms with Crippen molar-refractivity contribution in [3.05, 3.63) is 59.4 Å². The van der Waals surface area contributed by atoms with Crippen LogP contribution in [-0.4, -0.2) is 62.3 Å². The van der Waals surface area contributed by atoms with E-state index in [4.69, 9.17) is 0 Å². The average Bonchev–Trinajstić information content (AvgIpc) is 2.71. The minimum Gasteiger partial charge on any atom is -0.307 e. The summed E-state index contributed by atoms with van der Waals surface area (Å²) in [6.45, 7) is 4.86. The van der Waals surface area contributed by atoms with E-state index in [9.17, 15) is 22.4 Å². The largest absolute Gasteiger partial charge is 0.325 e. The molecule has 31 heavy (non-hydrogen) atoms. The summed E-state index contributed by atoms with van der Waals surface area (Å²) in [5.74, 6) is -0.978. The molecule has 0 unspecified atom stereocenters. The molecule has 2 N–H and O–H groups in total. The van der Waals surface area contributed by atoms with Crippen LogP contribution < -0.4 is 10.6 Å². The van der Waals surface area contributed by atoms with Gasteiger partial charge >= 0.3 is 6.03 Å². The van der Waals surface area contributed by atoms with Crippen LogP contribution in [0.1, 0.15) is 11.1 Å². The van der Waals surface area contributed by atoms with Gasteiger partial charge in [0.25, 0.3) is 0 Å². The van der Waals surface area contributed by atoms with Crippen LogP contribution in [0.15, 0.2) is 47.4 Å². The van der Waals surface area contributed by atoms with Crippen molar-refractivity contribution < 1.29 is 22.4 Å². The van der Waals surface area contributed by atoms with Gasteiger partial charge in [-0.2, -0.15) is 4.31 Å². The molecule has 0 atom stereocenters. The van der Waals surface area contributed by atoms with E-state index in [1.807, 2.05) is 26.0 Å². The Kier molecular flexibility index (Phi) is 7.04. The predicted octanol–water partition coefficient (Wildman–Crippen LogP) is 2.10. The second-order valence-electron chi connectivity index (χ2n) is 7.45. The van der Waals surface area contributed by atoms with Crippen molar-refractivity contribution in [2.24, 2.45) is 0 Å². The maximum atomic E-state index is 13.1. The molecule has 0 radical (unpaired) electrons. The number of hydrogen-bond acceptors (Lipinski definition) is 5. The van der Waals surface area contributed by atoms with Gasteiger partial charge in [0.2, 0.25) is 15.9 Å². The van der Waals surface area contributed by atoms with Gasteiger partial charge in [0, 0.05) is 31.9 Å². The van der Waals surface area contributed by atoms with Crippen LogP contribution in [0.2, 0.25) is 0 Å². The van der Waals surface area contributed by atoms with Crippen molar-refractivity contribution in [2.75, 3.05) is 38.0 Å². The molecule has 2 aromatic carbocycles. The molecule has 0 bridgehead atoms. The lowest BCUT2D eigenvalue weighted by Crippen LogP contribution is -2.51. The summed E-state index contributed by atoms with van der Waals surface area (Å²) in [4.78, 5) is 26.1. The number of nitrogens with zero attached hydrogens (tertiary/aromatic N) is 2. The zero-order valence-corrected chi connectivity index (χ0v) is 18.2. The number of amides is 3. The molecule has 166 valence electrons. The molecule has 1 saturated heterocycles.